The number of aromatic amines is 1. The van der Waals surface area contributed by atoms with Crippen molar-refractivity contribution < 1.29 is 18.3 Å². The molecule has 0 bridgehead atoms. The molecule has 7 nitrogen and oxygen atoms in total. The van der Waals surface area contributed by atoms with E-state index in [0.29, 0.717) is 10.3 Å². The highest BCUT2D eigenvalue weighted by molar-refractivity contribution is 9.10. The van der Waals surface area contributed by atoms with E-state index in [4.69, 9.17) is 5.11 Å². The van der Waals surface area contributed by atoms with Gasteiger partial charge in [-0.2, -0.15) is 8.42 Å². The van der Waals surface area contributed by atoms with Crippen LogP contribution in [0.5, 0.6) is 0 Å². The van der Waals surface area contributed by atoms with Crippen molar-refractivity contribution in [1.29, 1.82) is 0 Å². The molecular weight excluding hydrogens is 350 g/mol. The summed E-state index contributed by atoms with van der Waals surface area (Å²) in [4.78, 5) is 17.5. The number of sulfonamides is 1. The van der Waals surface area contributed by atoms with Crippen LogP contribution < -0.4 is 4.72 Å². The number of benzene rings is 1. The molecule has 0 spiro atoms. The van der Waals surface area contributed by atoms with Crippen molar-refractivity contribution in [1.82, 2.24) is 9.97 Å². The first-order chi connectivity index (χ1) is 9.29. The van der Waals surface area contributed by atoms with E-state index in [9.17, 15) is 13.2 Å². The fraction of sp³-hybridized carbons (Fsp3) is 0.0909. The van der Waals surface area contributed by atoms with E-state index >= 15 is 0 Å². The van der Waals surface area contributed by atoms with Gasteiger partial charge >= 0.3 is 5.97 Å². The second-order valence-corrected chi connectivity index (χ2v) is 6.50. The van der Waals surface area contributed by atoms with E-state index in [1.165, 1.54) is 12.1 Å². The number of rotatable bonds is 4. The van der Waals surface area contributed by atoms with Crippen molar-refractivity contribution in [3.05, 3.63) is 40.3 Å². The van der Waals surface area contributed by atoms with Crippen LogP contribution in [0, 0.1) is 6.92 Å². The zero-order chi connectivity index (χ0) is 14.9. The largest absolute Gasteiger partial charge is 0.478 e. The van der Waals surface area contributed by atoms with E-state index in [0.717, 1.165) is 6.20 Å². The van der Waals surface area contributed by atoms with Gasteiger partial charge in [0.25, 0.3) is 10.0 Å². The zero-order valence-electron chi connectivity index (χ0n) is 10.2. The number of carboxylic acid groups (broad SMARTS) is 1. The van der Waals surface area contributed by atoms with E-state index in [2.05, 4.69) is 30.6 Å². The molecule has 2 rings (SSSR count). The molecular formula is C11H10BrN3O4S. The molecule has 0 unspecified atom stereocenters. The third-order valence-electron chi connectivity index (χ3n) is 2.43. The van der Waals surface area contributed by atoms with Gasteiger partial charge in [-0.05, 0) is 25.1 Å². The van der Waals surface area contributed by atoms with Crippen molar-refractivity contribution in [3.63, 3.8) is 0 Å². The molecule has 2 aromatic rings. The predicted octanol–water partition coefficient (Wildman–Crippen LogP) is 1.98. The summed E-state index contributed by atoms with van der Waals surface area (Å²) in [6, 6.07) is 4.23. The van der Waals surface area contributed by atoms with Crippen molar-refractivity contribution in [3.8, 4) is 0 Å². The number of carbonyl (C=O) groups is 1. The molecule has 3 N–H and O–H groups in total. The lowest BCUT2D eigenvalue weighted by molar-refractivity contribution is 0.0698. The van der Waals surface area contributed by atoms with Crippen molar-refractivity contribution in [2.45, 2.75) is 11.9 Å². The van der Waals surface area contributed by atoms with Gasteiger partial charge in [-0.25, -0.2) is 9.78 Å². The SMILES string of the molecule is Cc1ncc(S(=O)(=O)Nc2ccc(Br)cc2C(=O)O)[nH]1. The minimum atomic E-state index is -3.91. The van der Waals surface area contributed by atoms with Crippen LogP contribution in [0.3, 0.4) is 0 Å². The first-order valence-corrected chi connectivity index (χ1v) is 7.64. The van der Waals surface area contributed by atoms with Gasteiger partial charge in [-0.3, -0.25) is 4.72 Å². The number of halogens is 1. The second-order valence-electron chi connectivity index (χ2n) is 3.93. The molecule has 20 heavy (non-hydrogen) atoms. The second kappa shape index (κ2) is 5.25. The van der Waals surface area contributed by atoms with Crippen molar-refractivity contribution >= 4 is 37.6 Å². The Morgan fingerprint density at radius 1 is 1.45 bits per heavy atom. The highest BCUT2D eigenvalue weighted by Gasteiger charge is 2.20. The van der Waals surface area contributed by atoms with Crippen LogP contribution in [-0.2, 0) is 10.0 Å². The maximum atomic E-state index is 12.1. The van der Waals surface area contributed by atoms with Crippen LogP contribution in [0.1, 0.15) is 16.2 Å². The molecule has 1 aromatic heterocycles. The Bertz CT molecular complexity index is 770. The van der Waals surface area contributed by atoms with Gasteiger partial charge < -0.3 is 10.1 Å². The lowest BCUT2D eigenvalue weighted by atomic mass is 10.2. The molecule has 0 aliphatic carbocycles. The molecule has 9 heteroatoms. The van der Waals surface area contributed by atoms with Crippen LogP contribution in [0.2, 0.25) is 0 Å². The first-order valence-electron chi connectivity index (χ1n) is 5.37. The molecule has 106 valence electrons. The van der Waals surface area contributed by atoms with Crippen molar-refractivity contribution in [2.24, 2.45) is 0 Å². The van der Waals surface area contributed by atoms with Crippen LogP contribution in [-0.4, -0.2) is 29.5 Å². The number of nitrogens with zero attached hydrogens (tertiary/aromatic N) is 1. The fourth-order valence-corrected chi connectivity index (χ4v) is 2.93. The summed E-state index contributed by atoms with van der Waals surface area (Å²) >= 11 is 3.14. The Hall–Kier alpha value is -1.87. The summed E-state index contributed by atoms with van der Waals surface area (Å²) < 4.78 is 26.9. The molecule has 0 amide bonds. The number of imidazole rings is 1. The molecule has 0 radical (unpaired) electrons. The number of anilines is 1. The van der Waals surface area contributed by atoms with Crippen LogP contribution in [0.15, 0.2) is 33.9 Å². The summed E-state index contributed by atoms with van der Waals surface area (Å²) in [5.41, 5.74) is -0.174. The normalized spacial score (nSPS) is 11.3. The molecule has 0 saturated heterocycles. The Morgan fingerprint density at radius 2 is 2.15 bits per heavy atom. The lowest BCUT2D eigenvalue weighted by Gasteiger charge is -2.09. The topological polar surface area (TPSA) is 112 Å². The van der Waals surface area contributed by atoms with Gasteiger partial charge in [-0.15, -0.1) is 0 Å². The maximum Gasteiger partial charge on any atom is 0.337 e. The Balaban J connectivity index is 2.42. The highest BCUT2D eigenvalue weighted by Crippen LogP contribution is 2.23. The van der Waals surface area contributed by atoms with E-state index in [1.807, 2.05) is 0 Å². The number of hydrogen-bond acceptors (Lipinski definition) is 4. The van der Waals surface area contributed by atoms with Gasteiger partial charge in [-0.1, -0.05) is 15.9 Å². The molecule has 0 aliphatic rings. The third kappa shape index (κ3) is 2.99. The number of aromatic nitrogens is 2. The van der Waals surface area contributed by atoms with E-state index in [1.54, 1.807) is 13.0 Å². The smallest absolute Gasteiger partial charge is 0.337 e. The lowest BCUT2D eigenvalue weighted by Crippen LogP contribution is -2.16. The number of carboxylic acids is 1. The summed E-state index contributed by atoms with van der Waals surface area (Å²) in [5.74, 6) is -0.788. The van der Waals surface area contributed by atoms with E-state index < -0.39 is 16.0 Å². The molecule has 0 saturated carbocycles. The standard InChI is InChI=1S/C11H10BrN3O4S/c1-6-13-5-10(14-6)20(18,19)15-9-3-2-7(12)4-8(9)11(16)17/h2-5,15H,1H3,(H,13,14)(H,16,17). The Labute approximate surface area is 123 Å². The molecule has 0 aliphatic heterocycles. The summed E-state index contributed by atoms with van der Waals surface area (Å²) in [5, 5.41) is 8.96. The Morgan fingerprint density at radius 3 is 2.70 bits per heavy atom. The predicted molar refractivity (Wildman–Crippen MR) is 75.2 cm³/mol. The summed E-state index contributed by atoms with van der Waals surface area (Å²) in [6.07, 6.45) is 1.16. The van der Waals surface area contributed by atoms with E-state index in [-0.39, 0.29) is 16.3 Å². The highest BCUT2D eigenvalue weighted by atomic mass is 79.9. The average Bonchev–Trinajstić information content (AvgIpc) is 2.78. The average molecular weight is 360 g/mol. The summed E-state index contributed by atoms with van der Waals surface area (Å²) in [7, 11) is -3.91. The Kier molecular flexibility index (Phi) is 3.82. The number of aryl methyl sites for hydroxylation is 1. The fourth-order valence-electron chi connectivity index (χ4n) is 1.52. The van der Waals surface area contributed by atoms with Crippen LogP contribution in [0.25, 0.3) is 0 Å². The number of nitrogens with one attached hydrogen (secondary N) is 2. The first kappa shape index (κ1) is 14.5. The third-order valence-corrected chi connectivity index (χ3v) is 4.19. The maximum absolute atomic E-state index is 12.1. The molecule has 0 atom stereocenters. The van der Waals surface area contributed by atoms with Crippen LogP contribution in [0.4, 0.5) is 5.69 Å². The number of hydrogen-bond donors (Lipinski definition) is 3. The monoisotopic (exact) mass is 359 g/mol. The van der Waals surface area contributed by atoms with Gasteiger partial charge in [0, 0.05) is 4.47 Å². The number of aromatic carboxylic acids is 1. The number of H-pyrrole nitrogens is 1. The van der Waals surface area contributed by atoms with Gasteiger partial charge in [0.15, 0.2) is 5.03 Å². The van der Waals surface area contributed by atoms with Crippen molar-refractivity contribution in [2.75, 3.05) is 4.72 Å². The summed E-state index contributed by atoms with van der Waals surface area (Å²) in [6.45, 7) is 1.61. The molecule has 0 fully saturated rings. The van der Waals surface area contributed by atoms with Gasteiger partial charge in [0.05, 0.1) is 17.4 Å². The molecule has 1 aromatic carbocycles. The molecule has 1 heterocycles. The quantitative estimate of drug-likeness (QED) is 0.772. The van der Waals surface area contributed by atoms with Gasteiger partial charge in [0.2, 0.25) is 0 Å². The van der Waals surface area contributed by atoms with Gasteiger partial charge in [0.1, 0.15) is 5.82 Å². The zero-order valence-corrected chi connectivity index (χ0v) is 12.6. The minimum Gasteiger partial charge on any atom is -0.478 e. The minimum absolute atomic E-state index is 0.0204. The van der Waals surface area contributed by atoms with Crippen LogP contribution >= 0.6 is 15.9 Å².